The maximum atomic E-state index is 13.1. The Bertz CT molecular complexity index is 2200. The van der Waals surface area contributed by atoms with Gasteiger partial charge in [-0.25, -0.2) is 24.3 Å². The summed E-state index contributed by atoms with van der Waals surface area (Å²) in [5, 5.41) is 39.4. The molecule has 16 heteroatoms. The fourth-order valence-electron chi connectivity index (χ4n) is 6.16. The number of benzene rings is 2. The van der Waals surface area contributed by atoms with Crippen LogP contribution in [0.4, 0.5) is 4.39 Å². The number of halogens is 1. The van der Waals surface area contributed by atoms with Crippen LogP contribution < -0.4 is 9.47 Å². The highest BCUT2D eigenvalue weighted by molar-refractivity contribution is 8.16. The van der Waals surface area contributed by atoms with Gasteiger partial charge in [-0.3, -0.25) is 0 Å². The molecule has 2 aromatic carbocycles. The van der Waals surface area contributed by atoms with Gasteiger partial charge in [-0.1, -0.05) is 74.5 Å². The highest BCUT2D eigenvalue weighted by Crippen LogP contribution is 2.52. The number of aromatic nitrogens is 4. The number of pyridine rings is 2. The number of nitrogens with zero attached hydrogens (tertiary/aromatic N) is 6. The maximum absolute atomic E-state index is 13.1. The van der Waals surface area contributed by atoms with Crippen LogP contribution in [0.25, 0.3) is 54.8 Å². The molecular weight excluding hydrogens is 872 g/mol. The smallest absolute Gasteiger partial charge is 0.142 e. The zero-order valence-electron chi connectivity index (χ0n) is 33.2. The van der Waals surface area contributed by atoms with E-state index >= 15 is 0 Å². The van der Waals surface area contributed by atoms with Crippen molar-refractivity contribution in [2.24, 2.45) is 0 Å². The van der Waals surface area contributed by atoms with E-state index in [1.54, 1.807) is 48.1 Å². The number of aliphatic hydroxyl groups excluding tert-OH is 1. The van der Waals surface area contributed by atoms with Crippen molar-refractivity contribution >= 4 is 69.7 Å². The number of ether oxygens (including phenoxy) is 2. The second-order valence-corrected chi connectivity index (χ2v) is 19.5. The van der Waals surface area contributed by atoms with E-state index in [-0.39, 0.29) is 19.8 Å². The largest absolute Gasteiger partial charge is 0.491 e. The molecule has 0 aliphatic carbocycles. The van der Waals surface area contributed by atoms with Crippen LogP contribution in [0, 0.1) is 22.7 Å². The second kappa shape index (κ2) is 23.8. The molecule has 0 aliphatic heterocycles. The molecule has 6 aromatic rings. The summed E-state index contributed by atoms with van der Waals surface area (Å²) in [6, 6.07) is 19.8. The van der Waals surface area contributed by atoms with Crippen LogP contribution in [0.5, 0.6) is 11.5 Å². The summed E-state index contributed by atoms with van der Waals surface area (Å²) in [7, 11) is 0. The molecule has 1 N–H and O–H groups in total. The zero-order valence-corrected chi connectivity index (χ0v) is 38.1. The molecular formula is C44H43FN6O3S6. The maximum Gasteiger partial charge on any atom is 0.142 e. The average Bonchev–Trinajstić information content (AvgIpc) is 4.03. The van der Waals surface area contributed by atoms with Crippen LogP contribution in [-0.2, 0) is 0 Å². The summed E-state index contributed by atoms with van der Waals surface area (Å²) >= 11 is 9.52. The van der Waals surface area contributed by atoms with Gasteiger partial charge >= 0.3 is 0 Å². The first-order chi connectivity index (χ1) is 29.6. The number of alkyl halides is 1. The van der Waals surface area contributed by atoms with Gasteiger partial charge in [-0.15, -0.1) is 22.7 Å². The first kappa shape index (κ1) is 45.4. The average molecular weight is 915 g/mol. The monoisotopic (exact) mass is 914 g/mol. The Hall–Kier alpha value is -4.13. The predicted molar refractivity (Wildman–Crippen MR) is 250 cm³/mol. The van der Waals surface area contributed by atoms with Gasteiger partial charge in [0.25, 0.3) is 0 Å². The Morgan fingerprint density at radius 1 is 0.667 bits per heavy atom. The Kier molecular flexibility index (Phi) is 18.0. The van der Waals surface area contributed by atoms with Crippen LogP contribution >= 0.6 is 69.7 Å². The van der Waals surface area contributed by atoms with Gasteiger partial charge in [-0.05, 0) is 59.7 Å². The highest BCUT2D eigenvalue weighted by Gasteiger charge is 2.32. The highest BCUT2D eigenvalue weighted by atomic mass is 32.2. The molecule has 0 radical (unpaired) electrons. The lowest BCUT2D eigenvalue weighted by Crippen LogP contribution is -2.06. The molecule has 0 aliphatic rings. The first-order valence-corrected chi connectivity index (χ1v) is 25.4. The molecule has 0 bridgehead atoms. The quantitative estimate of drug-likeness (QED) is 0.0371. The molecule has 6 rings (SSSR count). The van der Waals surface area contributed by atoms with Crippen LogP contribution in [-0.4, -0.2) is 73.2 Å². The molecule has 4 aromatic heterocycles. The summed E-state index contributed by atoms with van der Waals surface area (Å²) in [5.41, 5.74) is 5.63. The van der Waals surface area contributed by atoms with Gasteiger partial charge in [0.15, 0.2) is 0 Å². The zero-order chi connectivity index (χ0) is 42.1. The molecule has 0 saturated heterocycles. The van der Waals surface area contributed by atoms with Crippen molar-refractivity contribution in [3.63, 3.8) is 0 Å². The minimum Gasteiger partial charge on any atom is -0.491 e. The SMILES string of the molecule is CCCCSCSc1nc(-c2nccs2)c(-c2c(-c3nccs3)nc(SCSCCCC)c(C#N)c2-c2ccc(OCCF)cc2)c(-c2ccc(OCCO)cc2)c1C#N. The number of hydrogen-bond donors (Lipinski definition) is 1. The predicted octanol–water partition coefficient (Wildman–Crippen LogP) is 12.4. The van der Waals surface area contributed by atoms with Gasteiger partial charge in [0.1, 0.15) is 75.0 Å². The Morgan fingerprint density at radius 2 is 1.12 bits per heavy atom. The van der Waals surface area contributed by atoms with Crippen LogP contribution in [0.3, 0.4) is 0 Å². The number of aliphatic hydroxyl groups is 1. The van der Waals surface area contributed by atoms with Crippen LogP contribution in [0.1, 0.15) is 50.7 Å². The fraction of sp³-hybridized carbons (Fsp3) is 0.318. The number of nitriles is 2. The summed E-state index contributed by atoms with van der Waals surface area (Å²) in [6.07, 6.45) is 7.83. The molecule has 0 amide bonds. The molecule has 310 valence electrons. The molecule has 4 heterocycles. The van der Waals surface area contributed by atoms with Gasteiger partial charge in [-0.2, -0.15) is 34.0 Å². The number of rotatable bonds is 23. The van der Waals surface area contributed by atoms with E-state index in [0.717, 1.165) is 37.2 Å². The lowest BCUT2D eigenvalue weighted by molar-refractivity contribution is 0.201. The Morgan fingerprint density at radius 3 is 1.48 bits per heavy atom. The molecule has 0 atom stereocenters. The minimum atomic E-state index is -0.625. The van der Waals surface area contributed by atoms with Crippen molar-refractivity contribution < 1.29 is 19.0 Å². The lowest BCUT2D eigenvalue weighted by Gasteiger charge is -2.24. The van der Waals surface area contributed by atoms with Crippen LogP contribution in [0.2, 0.25) is 0 Å². The third-order valence-electron chi connectivity index (χ3n) is 8.91. The molecule has 60 heavy (non-hydrogen) atoms. The van der Waals surface area contributed by atoms with E-state index in [4.69, 9.17) is 29.4 Å². The molecule has 0 spiro atoms. The Labute approximate surface area is 375 Å². The van der Waals surface area contributed by atoms with Crippen molar-refractivity contribution in [2.45, 2.75) is 49.6 Å². The van der Waals surface area contributed by atoms with Crippen molar-refractivity contribution in [3.8, 4) is 78.4 Å². The summed E-state index contributed by atoms with van der Waals surface area (Å²) in [6.45, 7) is 3.63. The third kappa shape index (κ3) is 11.2. The van der Waals surface area contributed by atoms with E-state index in [1.807, 2.05) is 47.2 Å². The summed E-state index contributed by atoms with van der Waals surface area (Å²) in [4.78, 5) is 20.2. The lowest BCUT2D eigenvalue weighted by atomic mass is 9.84. The number of hydrogen-bond acceptors (Lipinski definition) is 15. The van der Waals surface area contributed by atoms with E-state index in [1.165, 1.54) is 46.2 Å². The van der Waals surface area contributed by atoms with E-state index in [9.17, 15) is 20.0 Å². The van der Waals surface area contributed by atoms with Gasteiger partial charge < -0.3 is 14.6 Å². The summed E-state index contributed by atoms with van der Waals surface area (Å²) in [5.74, 6) is 3.04. The Balaban J connectivity index is 1.74. The van der Waals surface area contributed by atoms with Crippen molar-refractivity contribution in [1.82, 2.24) is 19.9 Å². The van der Waals surface area contributed by atoms with E-state index in [0.29, 0.717) is 97.6 Å². The van der Waals surface area contributed by atoms with Crippen molar-refractivity contribution in [1.29, 1.82) is 10.5 Å². The third-order valence-corrected chi connectivity index (χ3v) is 15.0. The van der Waals surface area contributed by atoms with E-state index in [2.05, 4.69) is 26.0 Å². The standard InChI is InChI=1S/C44H43FN6O3S6/c1-3-5-21-55-27-59-41-33(25-46)35(29-7-11-31(12-8-29)53-19-15-45)37(39(50-41)43-48-16-23-57-43)38-36(30-9-13-32(14-10-30)54-20-18-52)34(26-47)42(60-28-56-22-6-4-2)51-40(38)44-49-17-24-58-44/h7-14,16-17,23-24,52H,3-6,15,18-22,27-28H2,1-2H3. The normalized spacial score (nSPS) is 11.0. The summed E-state index contributed by atoms with van der Waals surface area (Å²) < 4.78 is 24.5. The van der Waals surface area contributed by atoms with Gasteiger partial charge in [0, 0.05) is 55.6 Å². The topological polar surface area (TPSA) is 138 Å². The molecule has 0 fully saturated rings. The van der Waals surface area contributed by atoms with Crippen LogP contribution in [0.15, 0.2) is 81.7 Å². The van der Waals surface area contributed by atoms with E-state index < -0.39 is 6.67 Å². The first-order valence-electron chi connectivity index (χ1n) is 19.4. The van der Waals surface area contributed by atoms with Gasteiger partial charge in [0.2, 0.25) is 0 Å². The molecule has 9 nitrogen and oxygen atoms in total. The molecule has 0 unspecified atom stereocenters. The number of thioether (sulfide) groups is 4. The number of thiazole rings is 2. The minimum absolute atomic E-state index is 0.0809. The molecule has 0 saturated carbocycles. The van der Waals surface area contributed by atoms with Crippen molar-refractivity contribution in [2.75, 3.05) is 48.2 Å². The van der Waals surface area contributed by atoms with Gasteiger partial charge in [0.05, 0.1) is 17.7 Å². The fourth-order valence-corrected chi connectivity index (χ4v) is 11.8. The number of unbranched alkanes of at least 4 members (excludes halogenated alkanes) is 2. The second-order valence-electron chi connectivity index (χ2n) is 12.9. The van der Waals surface area contributed by atoms with Crippen molar-refractivity contribution in [3.05, 3.63) is 82.8 Å².